The highest BCUT2D eigenvalue weighted by molar-refractivity contribution is 5.85. The quantitative estimate of drug-likeness (QED) is 0.461. The molecule has 0 radical (unpaired) electrons. The van der Waals surface area contributed by atoms with Crippen LogP contribution in [-0.4, -0.2) is 62.9 Å². The van der Waals surface area contributed by atoms with Gasteiger partial charge in [-0.2, -0.15) is 4.98 Å². The second-order valence-corrected chi connectivity index (χ2v) is 7.19. The Hall–Kier alpha value is -2.79. The summed E-state index contributed by atoms with van der Waals surface area (Å²) < 4.78 is 26.5. The molecule has 0 bridgehead atoms. The molecule has 3 aromatic rings. The molecule has 1 saturated heterocycles. The van der Waals surface area contributed by atoms with Gasteiger partial charge < -0.3 is 30.4 Å². The van der Waals surface area contributed by atoms with E-state index in [2.05, 4.69) is 9.97 Å². The molecule has 160 valence electrons. The van der Waals surface area contributed by atoms with Crippen molar-refractivity contribution in [2.24, 2.45) is 5.73 Å². The van der Waals surface area contributed by atoms with Gasteiger partial charge in [-0.1, -0.05) is 12.1 Å². The molecule has 1 fully saturated rings. The van der Waals surface area contributed by atoms with E-state index in [1.165, 1.54) is 6.20 Å². The van der Waals surface area contributed by atoms with Gasteiger partial charge in [0.15, 0.2) is 12.4 Å². The number of alkyl halides is 1. The van der Waals surface area contributed by atoms with Crippen molar-refractivity contribution >= 4 is 11.0 Å². The number of H-pyrrole nitrogens is 1. The molecule has 0 amide bonds. The number of aromatic nitrogens is 3. The number of rotatable bonds is 6. The normalized spacial score (nSPS) is 23.9. The molecule has 0 spiro atoms. The summed E-state index contributed by atoms with van der Waals surface area (Å²) in [7, 11) is 0. The van der Waals surface area contributed by atoms with E-state index < -0.39 is 36.9 Å². The minimum Gasteiger partial charge on any atom is -0.492 e. The molecule has 5 N–H and O–H groups in total. The zero-order valence-electron chi connectivity index (χ0n) is 16.3. The lowest BCUT2D eigenvalue weighted by Crippen LogP contribution is -2.33. The number of hydrogen-bond acceptors (Lipinski definition) is 7. The van der Waals surface area contributed by atoms with Crippen LogP contribution in [0.15, 0.2) is 35.3 Å². The fourth-order valence-corrected chi connectivity index (χ4v) is 3.68. The van der Waals surface area contributed by atoms with Crippen LogP contribution < -0.4 is 16.2 Å². The first-order valence-electron chi connectivity index (χ1n) is 9.57. The van der Waals surface area contributed by atoms with Crippen LogP contribution in [0.3, 0.4) is 0 Å². The van der Waals surface area contributed by atoms with Crippen LogP contribution in [0.25, 0.3) is 22.3 Å². The Kier molecular flexibility index (Phi) is 5.56. The molecule has 10 heteroatoms. The van der Waals surface area contributed by atoms with Gasteiger partial charge in [0.25, 0.3) is 0 Å². The number of nitrogens with zero attached hydrogens (tertiary/aromatic N) is 2. The van der Waals surface area contributed by atoms with Crippen LogP contribution in [0, 0.1) is 6.92 Å². The summed E-state index contributed by atoms with van der Waals surface area (Å²) in [6.45, 7) is 2.09. The van der Waals surface area contributed by atoms with Crippen LogP contribution in [0.5, 0.6) is 5.75 Å². The lowest BCUT2D eigenvalue weighted by Gasteiger charge is -2.15. The number of hydrogen-bond donors (Lipinski definition) is 4. The Balaban J connectivity index is 1.76. The Labute approximate surface area is 170 Å². The lowest BCUT2D eigenvalue weighted by atomic mass is 10.0. The van der Waals surface area contributed by atoms with E-state index >= 15 is 0 Å². The van der Waals surface area contributed by atoms with Crippen LogP contribution in [-0.2, 0) is 4.74 Å². The highest BCUT2D eigenvalue weighted by Crippen LogP contribution is 2.35. The number of ether oxygens (including phenoxy) is 2. The fraction of sp³-hybridized carbons (Fsp3) is 0.400. The first-order valence-corrected chi connectivity index (χ1v) is 9.57. The average Bonchev–Trinajstić information content (AvgIpc) is 3.26. The summed E-state index contributed by atoms with van der Waals surface area (Å²) in [6.07, 6.45) is -4.46. The third kappa shape index (κ3) is 3.47. The monoisotopic (exact) mass is 418 g/mol. The summed E-state index contributed by atoms with van der Waals surface area (Å²) in [5, 5.41) is 19.6. The molecule has 3 heterocycles. The van der Waals surface area contributed by atoms with Gasteiger partial charge in [0.1, 0.15) is 30.2 Å². The molecule has 1 aliphatic rings. The topological polar surface area (TPSA) is 136 Å². The molecule has 30 heavy (non-hydrogen) atoms. The third-order valence-electron chi connectivity index (χ3n) is 5.16. The number of nitrogens with one attached hydrogen (secondary N) is 1. The van der Waals surface area contributed by atoms with E-state index in [1.807, 2.05) is 25.1 Å². The molecular formula is C20H23FN4O5. The van der Waals surface area contributed by atoms with Crippen molar-refractivity contribution in [2.75, 3.05) is 19.8 Å². The maximum Gasteiger partial charge on any atom is 0.351 e. The number of aliphatic hydroxyl groups excluding tert-OH is 2. The molecule has 1 aliphatic heterocycles. The second kappa shape index (κ2) is 8.15. The van der Waals surface area contributed by atoms with Crippen molar-refractivity contribution in [3.8, 4) is 17.0 Å². The zero-order chi connectivity index (χ0) is 21.4. The minimum absolute atomic E-state index is 0.326. The van der Waals surface area contributed by atoms with Crippen LogP contribution in [0.2, 0.25) is 0 Å². The summed E-state index contributed by atoms with van der Waals surface area (Å²) in [5.74, 6) is 0.638. The van der Waals surface area contributed by atoms with E-state index in [1.54, 1.807) is 6.07 Å². The Morgan fingerprint density at radius 2 is 2.23 bits per heavy atom. The Morgan fingerprint density at radius 3 is 2.93 bits per heavy atom. The van der Waals surface area contributed by atoms with Crippen molar-refractivity contribution in [1.29, 1.82) is 0 Å². The maximum atomic E-state index is 14.5. The first-order chi connectivity index (χ1) is 14.4. The highest BCUT2D eigenvalue weighted by atomic mass is 19.1. The van der Waals surface area contributed by atoms with Crippen molar-refractivity contribution < 1.29 is 24.1 Å². The van der Waals surface area contributed by atoms with Crippen LogP contribution >= 0.6 is 0 Å². The molecule has 4 unspecified atom stereocenters. The van der Waals surface area contributed by atoms with Gasteiger partial charge in [0.2, 0.25) is 0 Å². The van der Waals surface area contributed by atoms with Gasteiger partial charge in [-0.25, -0.2) is 9.18 Å². The number of benzene rings is 1. The average molecular weight is 418 g/mol. The van der Waals surface area contributed by atoms with Gasteiger partial charge in [0.05, 0.1) is 12.3 Å². The summed E-state index contributed by atoms with van der Waals surface area (Å²) >= 11 is 0. The Bertz CT molecular complexity index is 1110. The summed E-state index contributed by atoms with van der Waals surface area (Å²) in [6, 6.07) is 7.40. The van der Waals surface area contributed by atoms with E-state index in [9.17, 15) is 19.4 Å². The van der Waals surface area contributed by atoms with Gasteiger partial charge in [-0.15, -0.1) is 0 Å². The zero-order valence-corrected chi connectivity index (χ0v) is 16.3. The van der Waals surface area contributed by atoms with Crippen LogP contribution in [0.1, 0.15) is 11.8 Å². The third-order valence-corrected chi connectivity index (χ3v) is 5.16. The minimum atomic E-state index is -1.87. The number of halogens is 1. The highest BCUT2D eigenvalue weighted by Gasteiger charge is 2.45. The molecule has 1 aromatic carbocycles. The summed E-state index contributed by atoms with van der Waals surface area (Å²) in [4.78, 5) is 19.6. The molecule has 9 nitrogen and oxygen atoms in total. The predicted octanol–water partition coefficient (Wildman–Crippen LogP) is 0.626. The van der Waals surface area contributed by atoms with Gasteiger partial charge in [-0.3, -0.25) is 4.57 Å². The van der Waals surface area contributed by atoms with Crippen molar-refractivity contribution in [2.45, 2.75) is 31.5 Å². The standard InChI is InChI=1S/C20H23FN4O5/c1-10-3-2-4-13(29-6-5-22)15(10)12-7-11-8-25(20(28)24-18(11)23-12)19-16(21)17(27)14(9-26)30-19/h2-4,7-8,14,16-17,19,26-27H,5-6,9,22H2,1H3,(H,23,24,28). The molecular weight excluding hydrogens is 395 g/mol. The number of aryl methyl sites for hydroxylation is 1. The number of aliphatic hydroxyl groups is 2. The molecule has 4 atom stereocenters. The van der Waals surface area contributed by atoms with E-state index in [4.69, 9.17) is 15.2 Å². The first kappa shape index (κ1) is 20.5. The molecule has 0 saturated carbocycles. The van der Waals surface area contributed by atoms with E-state index in [-0.39, 0.29) is 0 Å². The maximum absolute atomic E-state index is 14.5. The predicted molar refractivity (Wildman–Crippen MR) is 107 cm³/mol. The van der Waals surface area contributed by atoms with E-state index in [0.717, 1.165) is 15.7 Å². The van der Waals surface area contributed by atoms with Crippen LogP contribution in [0.4, 0.5) is 4.39 Å². The molecule has 4 rings (SSSR count). The second-order valence-electron chi connectivity index (χ2n) is 7.19. The van der Waals surface area contributed by atoms with Crippen molar-refractivity contribution in [1.82, 2.24) is 14.5 Å². The fourth-order valence-electron chi connectivity index (χ4n) is 3.68. The Morgan fingerprint density at radius 1 is 1.43 bits per heavy atom. The summed E-state index contributed by atoms with van der Waals surface area (Å²) in [5.41, 5.74) is 7.56. The van der Waals surface area contributed by atoms with Crippen molar-refractivity contribution in [3.05, 3.63) is 46.5 Å². The number of aromatic amines is 1. The molecule has 0 aliphatic carbocycles. The smallest absolute Gasteiger partial charge is 0.351 e. The van der Waals surface area contributed by atoms with Gasteiger partial charge >= 0.3 is 5.69 Å². The largest absolute Gasteiger partial charge is 0.492 e. The SMILES string of the molecule is Cc1cccc(OCCN)c1-c1cc2cn(C3OC(CO)C(O)C3F)c(=O)nc2[nH]1. The van der Waals surface area contributed by atoms with E-state index in [0.29, 0.717) is 35.6 Å². The number of fused-ring (bicyclic) bond motifs is 1. The number of nitrogens with two attached hydrogens (primary N) is 1. The van der Waals surface area contributed by atoms with Gasteiger partial charge in [-0.05, 0) is 24.6 Å². The van der Waals surface area contributed by atoms with Gasteiger partial charge in [0, 0.05) is 23.7 Å². The van der Waals surface area contributed by atoms with Crippen molar-refractivity contribution in [3.63, 3.8) is 0 Å². The lowest BCUT2D eigenvalue weighted by molar-refractivity contribution is -0.0489. The molecule has 2 aromatic heterocycles.